The van der Waals surface area contributed by atoms with Crippen LogP contribution in [0.5, 0.6) is 0 Å². The number of aromatic amines is 1. The Morgan fingerprint density at radius 3 is 2.35 bits per heavy atom. The first-order valence-corrected chi connectivity index (χ1v) is 27.5. The zero-order valence-corrected chi connectivity index (χ0v) is 43.1. The molecule has 2 aromatic carbocycles. The number of carbonyl (C=O) groups excluding carboxylic acids is 5. The molecule has 2 aromatic heterocycles. The standard InChI is InChI=1S/C52H69ClN10O8S/c1-51(2,3)71-50(68)61-52(22-27-62(28-23-52)45-41-20-25-54-44(41)56-33-57-45)49(67)59-42(34-16-18-40(53)19-17-34)21-26-58-72(69,70)29-8-7-24-55-47(65)43(35-10-5-4-6-11-35)60-46(64)38-13-9-12-37(30-38)39-31-63(32-39)48(66)36-14-15-36/h9,12-13,16-20,25,30,33,35-36,39,42-43,58H,4-8,10-11,14-15,21-24,26-29,31-32H2,1-3H3,(H,55,65)(H,59,67)(H,60,64)(H,61,68)(H,54,56,57)/t42-,43+/m0/s1. The summed E-state index contributed by atoms with van der Waals surface area (Å²) in [6.45, 7) is 7.55. The molecule has 5 amide bonds. The summed E-state index contributed by atoms with van der Waals surface area (Å²) in [4.78, 5) is 83.7. The fourth-order valence-electron chi connectivity index (χ4n) is 10.1. The van der Waals surface area contributed by atoms with Gasteiger partial charge in [0.25, 0.3) is 5.91 Å². The SMILES string of the molecule is CC(C)(C)OC(=O)NC1(C(=O)N[C@@H](CCNS(=O)(=O)CCCCNC(=O)[C@H](NC(=O)c2cccc(C3CN(C(=O)C4CC4)C3)c2)C2CCCCC2)c2ccc(Cl)cc2)CCN(c2ncnc3[nH]ccc23)CC1. The van der Waals surface area contributed by atoms with Gasteiger partial charge in [-0.25, -0.2) is 27.9 Å². The van der Waals surface area contributed by atoms with Gasteiger partial charge in [-0.2, -0.15) is 0 Å². The fourth-order valence-corrected chi connectivity index (χ4v) is 11.4. The van der Waals surface area contributed by atoms with Crippen LogP contribution in [0.2, 0.25) is 5.02 Å². The number of amides is 5. The molecule has 0 radical (unpaired) electrons. The number of ether oxygens (including phenoxy) is 1. The van der Waals surface area contributed by atoms with E-state index in [0.717, 1.165) is 55.9 Å². The van der Waals surface area contributed by atoms with Crippen LogP contribution in [0.4, 0.5) is 10.6 Å². The average Bonchev–Trinajstić information content (AvgIpc) is 4.08. The van der Waals surface area contributed by atoms with E-state index in [1.807, 2.05) is 29.2 Å². The molecule has 2 aliphatic heterocycles. The largest absolute Gasteiger partial charge is 0.444 e. The molecule has 388 valence electrons. The number of hydrogen-bond donors (Lipinski definition) is 6. The van der Waals surface area contributed by atoms with Gasteiger partial charge in [-0.15, -0.1) is 0 Å². The average molecular weight is 1030 g/mol. The van der Waals surface area contributed by atoms with Gasteiger partial charge in [0.1, 0.15) is 35.0 Å². The molecule has 4 aliphatic rings. The molecule has 0 bridgehead atoms. The summed E-state index contributed by atoms with van der Waals surface area (Å²) in [5.74, 6) is 0.0524. The van der Waals surface area contributed by atoms with E-state index in [1.165, 1.54) is 6.33 Å². The summed E-state index contributed by atoms with van der Waals surface area (Å²) < 4.78 is 35.0. The fraction of sp³-hybridized carbons (Fsp3) is 0.558. The van der Waals surface area contributed by atoms with Crippen LogP contribution < -0.4 is 30.9 Å². The predicted octanol–water partition coefficient (Wildman–Crippen LogP) is 6.25. The smallest absolute Gasteiger partial charge is 0.408 e. The number of nitrogens with zero attached hydrogens (tertiary/aromatic N) is 4. The third-order valence-corrected chi connectivity index (χ3v) is 16.0. The van der Waals surface area contributed by atoms with E-state index in [2.05, 4.69) is 45.8 Å². The van der Waals surface area contributed by atoms with Crippen molar-refractivity contribution in [1.82, 2.24) is 45.8 Å². The van der Waals surface area contributed by atoms with Gasteiger partial charge in [-0.1, -0.05) is 55.1 Å². The number of aromatic nitrogens is 3. The monoisotopic (exact) mass is 1030 g/mol. The van der Waals surface area contributed by atoms with Crippen LogP contribution in [-0.4, -0.2) is 120 Å². The van der Waals surface area contributed by atoms with Crippen molar-refractivity contribution in [2.45, 2.75) is 127 Å². The second-order valence-electron chi connectivity index (χ2n) is 20.9. The number of unbranched alkanes of at least 4 members (excludes halogenated alkanes) is 1. The van der Waals surface area contributed by atoms with Gasteiger partial charge in [-0.05, 0) is 126 Å². The predicted molar refractivity (Wildman–Crippen MR) is 275 cm³/mol. The number of benzene rings is 2. The third-order valence-electron chi connectivity index (χ3n) is 14.3. The Morgan fingerprint density at radius 1 is 0.903 bits per heavy atom. The number of H-pyrrole nitrogens is 1. The van der Waals surface area contributed by atoms with Gasteiger partial charge in [-0.3, -0.25) is 19.2 Å². The lowest BCUT2D eigenvalue weighted by Crippen LogP contribution is -2.64. The van der Waals surface area contributed by atoms with E-state index in [-0.39, 0.29) is 80.0 Å². The van der Waals surface area contributed by atoms with Gasteiger partial charge in [0, 0.05) is 67.9 Å². The first kappa shape index (κ1) is 52.5. The highest BCUT2D eigenvalue weighted by atomic mass is 35.5. The van der Waals surface area contributed by atoms with Crippen LogP contribution in [0, 0.1) is 11.8 Å². The molecule has 0 spiro atoms. The van der Waals surface area contributed by atoms with E-state index >= 15 is 0 Å². The molecule has 4 fully saturated rings. The molecule has 8 rings (SSSR count). The summed E-state index contributed by atoms with van der Waals surface area (Å²) in [5, 5.41) is 13.4. The normalized spacial score (nSPS) is 18.4. The van der Waals surface area contributed by atoms with Gasteiger partial charge < -0.3 is 40.8 Å². The quantitative estimate of drug-likeness (QED) is 0.0541. The molecule has 4 heterocycles. The Balaban J connectivity index is 0.836. The Kier molecular flexibility index (Phi) is 16.8. The topological polar surface area (TPSA) is 237 Å². The van der Waals surface area contributed by atoms with Crippen LogP contribution in [0.3, 0.4) is 0 Å². The van der Waals surface area contributed by atoms with Crippen LogP contribution >= 0.6 is 11.6 Å². The van der Waals surface area contributed by atoms with E-state index < -0.39 is 45.2 Å². The molecular formula is C52H69ClN10O8S. The highest BCUT2D eigenvalue weighted by Crippen LogP contribution is 2.37. The molecule has 2 saturated heterocycles. The van der Waals surface area contributed by atoms with E-state index in [4.69, 9.17) is 16.3 Å². The molecular weight excluding hydrogens is 960 g/mol. The number of alkyl carbamates (subject to hydrolysis) is 1. The number of anilines is 1. The van der Waals surface area contributed by atoms with Crippen molar-refractivity contribution < 1.29 is 37.1 Å². The lowest BCUT2D eigenvalue weighted by atomic mass is 9.83. The maximum absolute atomic E-state index is 14.6. The van der Waals surface area contributed by atoms with Crippen molar-refractivity contribution in [2.75, 3.05) is 49.9 Å². The third kappa shape index (κ3) is 13.6. The number of carbonyl (C=O) groups is 5. The zero-order chi connectivity index (χ0) is 51.0. The number of nitrogens with one attached hydrogen (secondary N) is 6. The van der Waals surface area contributed by atoms with Crippen LogP contribution in [-0.2, 0) is 29.1 Å². The van der Waals surface area contributed by atoms with Crippen molar-refractivity contribution in [2.24, 2.45) is 11.8 Å². The van der Waals surface area contributed by atoms with Crippen molar-refractivity contribution in [1.29, 1.82) is 0 Å². The minimum absolute atomic E-state index is 0.00183. The minimum Gasteiger partial charge on any atom is -0.444 e. The highest BCUT2D eigenvalue weighted by Gasteiger charge is 2.45. The maximum Gasteiger partial charge on any atom is 0.408 e. The van der Waals surface area contributed by atoms with Crippen molar-refractivity contribution in [3.8, 4) is 0 Å². The van der Waals surface area contributed by atoms with Crippen LogP contribution in [0.15, 0.2) is 67.1 Å². The summed E-state index contributed by atoms with van der Waals surface area (Å²) >= 11 is 6.25. The van der Waals surface area contributed by atoms with Crippen LogP contribution in [0.25, 0.3) is 11.0 Å². The zero-order valence-electron chi connectivity index (χ0n) is 41.5. The molecule has 72 heavy (non-hydrogen) atoms. The van der Waals surface area contributed by atoms with Gasteiger partial charge in [0.15, 0.2) is 0 Å². The summed E-state index contributed by atoms with van der Waals surface area (Å²) in [5.41, 5.74) is 0.679. The molecule has 2 atom stereocenters. The molecule has 0 unspecified atom stereocenters. The van der Waals surface area contributed by atoms with E-state index in [9.17, 15) is 32.4 Å². The lowest BCUT2D eigenvalue weighted by molar-refractivity contribution is -0.137. The Morgan fingerprint density at radius 2 is 1.64 bits per heavy atom. The second kappa shape index (κ2) is 23.0. The lowest BCUT2D eigenvalue weighted by Gasteiger charge is -2.42. The van der Waals surface area contributed by atoms with Crippen molar-refractivity contribution >= 4 is 68.2 Å². The minimum atomic E-state index is -3.77. The molecule has 18 nitrogen and oxygen atoms in total. The second-order valence-corrected chi connectivity index (χ2v) is 23.3. The molecule has 20 heteroatoms. The Bertz CT molecular complexity index is 2670. The number of rotatable bonds is 20. The summed E-state index contributed by atoms with van der Waals surface area (Å²) in [6.07, 6.45) is 10.5. The van der Waals surface area contributed by atoms with Crippen LogP contribution in [0.1, 0.15) is 131 Å². The molecule has 2 aliphatic carbocycles. The molecule has 4 aromatic rings. The number of likely N-dealkylation sites (tertiary alicyclic amines) is 1. The van der Waals surface area contributed by atoms with Gasteiger partial charge in [0.2, 0.25) is 27.7 Å². The van der Waals surface area contributed by atoms with E-state index in [1.54, 1.807) is 57.3 Å². The Labute approximate surface area is 427 Å². The molecule has 6 N–H and O–H groups in total. The van der Waals surface area contributed by atoms with Gasteiger partial charge >= 0.3 is 6.09 Å². The first-order valence-electron chi connectivity index (χ1n) is 25.5. The first-order chi connectivity index (χ1) is 34.5. The highest BCUT2D eigenvalue weighted by molar-refractivity contribution is 7.89. The number of piperidine rings is 1. The van der Waals surface area contributed by atoms with Crippen molar-refractivity contribution in [3.05, 3.63) is 88.8 Å². The number of fused-ring (bicyclic) bond motifs is 1. The number of hydrogen-bond acceptors (Lipinski definition) is 11. The summed E-state index contributed by atoms with van der Waals surface area (Å²) in [6, 6.07) is 14.9. The van der Waals surface area contributed by atoms with Crippen molar-refractivity contribution in [3.63, 3.8) is 0 Å². The van der Waals surface area contributed by atoms with E-state index in [0.29, 0.717) is 60.2 Å². The summed E-state index contributed by atoms with van der Waals surface area (Å²) in [7, 11) is -3.77. The number of halogens is 1. The number of sulfonamides is 1. The Hall–Kier alpha value is -5.79. The maximum atomic E-state index is 14.6. The molecule has 2 saturated carbocycles. The van der Waals surface area contributed by atoms with Gasteiger partial charge in [0.05, 0.1) is 17.2 Å².